The van der Waals surface area contributed by atoms with E-state index in [0.29, 0.717) is 18.5 Å². The Bertz CT molecular complexity index is 725. The first-order valence-electron chi connectivity index (χ1n) is 9.76. The molecule has 0 radical (unpaired) electrons. The molecule has 1 aromatic heterocycles. The number of aliphatic hydroxyl groups excluding tert-OH is 1. The summed E-state index contributed by atoms with van der Waals surface area (Å²) in [6, 6.07) is 7.32. The molecule has 2 aromatic rings. The van der Waals surface area contributed by atoms with Crippen molar-refractivity contribution >= 4 is 16.7 Å². The van der Waals surface area contributed by atoms with Crippen molar-refractivity contribution < 1.29 is 9.84 Å². The summed E-state index contributed by atoms with van der Waals surface area (Å²) in [5.41, 5.74) is 2.07. The van der Waals surface area contributed by atoms with Crippen molar-refractivity contribution in [2.24, 2.45) is 0 Å². The van der Waals surface area contributed by atoms with Crippen LogP contribution in [0, 0.1) is 0 Å². The maximum Gasteiger partial charge on any atom is 0.137 e. The highest BCUT2D eigenvalue weighted by Crippen LogP contribution is 2.28. The summed E-state index contributed by atoms with van der Waals surface area (Å²) in [7, 11) is 0. The van der Waals surface area contributed by atoms with Crippen molar-refractivity contribution in [3.05, 3.63) is 30.1 Å². The van der Waals surface area contributed by atoms with Gasteiger partial charge in [-0.2, -0.15) is 0 Å². The van der Waals surface area contributed by atoms with Gasteiger partial charge in [-0.3, -0.25) is 4.90 Å². The molecule has 0 amide bonds. The average molecular weight is 356 g/mol. The van der Waals surface area contributed by atoms with Crippen molar-refractivity contribution in [3.63, 3.8) is 0 Å². The lowest BCUT2D eigenvalue weighted by molar-refractivity contribution is 0.00791. The first kappa shape index (κ1) is 17.6. The maximum atomic E-state index is 9.20. The summed E-state index contributed by atoms with van der Waals surface area (Å²) < 4.78 is 5.47. The number of nitrogens with one attached hydrogen (secondary N) is 1. The Kier molecular flexibility index (Phi) is 5.62. The summed E-state index contributed by atoms with van der Waals surface area (Å²) in [5, 5.41) is 13.9. The van der Waals surface area contributed by atoms with E-state index < -0.39 is 0 Å². The van der Waals surface area contributed by atoms with Crippen LogP contribution in [0.5, 0.6) is 0 Å². The van der Waals surface area contributed by atoms with Crippen molar-refractivity contribution in [1.29, 1.82) is 0 Å². The third kappa shape index (κ3) is 3.98. The SMILES string of the molecule is OCCc1ccc2ncnc(N[C@H]3CC[C@H](N4CCOCC4)CC3)c2c1. The zero-order chi connectivity index (χ0) is 17.8. The topological polar surface area (TPSA) is 70.5 Å². The molecule has 1 aliphatic heterocycles. The zero-order valence-electron chi connectivity index (χ0n) is 15.2. The molecule has 0 spiro atoms. The van der Waals surface area contributed by atoms with Crippen molar-refractivity contribution in [1.82, 2.24) is 14.9 Å². The summed E-state index contributed by atoms with van der Waals surface area (Å²) >= 11 is 0. The van der Waals surface area contributed by atoms with Crippen LogP contribution in [-0.2, 0) is 11.2 Å². The van der Waals surface area contributed by atoms with E-state index in [0.717, 1.165) is 48.6 Å². The number of hydrogen-bond acceptors (Lipinski definition) is 6. The largest absolute Gasteiger partial charge is 0.396 e. The van der Waals surface area contributed by atoms with Gasteiger partial charge < -0.3 is 15.2 Å². The predicted octanol–water partition coefficient (Wildman–Crippen LogP) is 2.22. The van der Waals surface area contributed by atoms with Gasteiger partial charge >= 0.3 is 0 Å². The summed E-state index contributed by atoms with van der Waals surface area (Å²) in [6.07, 6.45) is 7.10. The quantitative estimate of drug-likeness (QED) is 0.856. The molecule has 2 fully saturated rings. The number of aliphatic hydroxyl groups is 1. The number of ether oxygens (including phenoxy) is 1. The number of fused-ring (bicyclic) bond motifs is 1. The van der Waals surface area contributed by atoms with Crippen LogP contribution in [0.1, 0.15) is 31.2 Å². The summed E-state index contributed by atoms with van der Waals surface area (Å²) in [5.74, 6) is 0.921. The minimum Gasteiger partial charge on any atom is -0.396 e. The molecule has 2 aliphatic rings. The minimum absolute atomic E-state index is 0.160. The third-order valence-corrected chi connectivity index (χ3v) is 5.70. The fourth-order valence-corrected chi connectivity index (χ4v) is 4.22. The van der Waals surface area contributed by atoms with Crippen molar-refractivity contribution in [3.8, 4) is 0 Å². The second-order valence-corrected chi connectivity index (χ2v) is 7.35. The molecule has 26 heavy (non-hydrogen) atoms. The van der Waals surface area contributed by atoms with E-state index >= 15 is 0 Å². The van der Waals surface area contributed by atoms with E-state index in [1.54, 1.807) is 6.33 Å². The van der Waals surface area contributed by atoms with Crippen LogP contribution >= 0.6 is 0 Å². The van der Waals surface area contributed by atoms with Crippen LogP contribution < -0.4 is 5.32 Å². The molecule has 1 aliphatic carbocycles. The Hall–Kier alpha value is -1.76. The first-order valence-corrected chi connectivity index (χ1v) is 9.76. The van der Waals surface area contributed by atoms with Crippen LogP contribution in [0.15, 0.2) is 24.5 Å². The summed E-state index contributed by atoms with van der Waals surface area (Å²) in [6.45, 7) is 4.07. The Morgan fingerprint density at radius 3 is 2.69 bits per heavy atom. The molecule has 0 unspecified atom stereocenters. The molecular formula is C20H28N4O2. The van der Waals surface area contributed by atoms with Crippen LogP contribution in [-0.4, -0.2) is 65.0 Å². The zero-order valence-corrected chi connectivity index (χ0v) is 15.2. The lowest BCUT2D eigenvalue weighted by Crippen LogP contribution is -2.46. The maximum absolute atomic E-state index is 9.20. The van der Waals surface area contributed by atoms with E-state index in [1.807, 2.05) is 12.1 Å². The molecule has 1 saturated carbocycles. The molecule has 1 aromatic carbocycles. The number of hydrogen-bond donors (Lipinski definition) is 2. The number of nitrogens with zero attached hydrogens (tertiary/aromatic N) is 3. The Balaban J connectivity index is 1.42. The highest BCUT2D eigenvalue weighted by molar-refractivity contribution is 5.89. The van der Waals surface area contributed by atoms with Crippen LogP contribution in [0.3, 0.4) is 0 Å². The molecule has 140 valence electrons. The van der Waals surface area contributed by atoms with E-state index in [-0.39, 0.29) is 6.61 Å². The van der Waals surface area contributed by atoms with Gasteiger partial charge in [0.1, 0.15) is 12.1 Å². The predicted molar refractivity (Wildman–Crippen MR) is 102 cm³/mol. The fraction of sp³-hybridized carbons (Fsp3) is 0.600. The van der Waals surface area contributed by atoms with Gasteiger partial charge in [0, 0.05) is 37.2 Å². The average Bonchev–Trinajstić information content (AvgIpc) is 2.70. The lowest BCUT2D eigenvalue weighted by atomic mass is 9.90. The molecule has 0 atom stereocenters. The molecule has 0 bridgehead atoms. The Morgan fingerprint density at radius 1 is 1.12 bits per heavy atom. The molecular weight excluding hydrogens is 328 g/mol. The molecule has 4 rings (SSSR count). The van der Waals surface area contributed by atoms with E-state index in [9.17, 15) is 5.11 Å². The second-order valence-electron chi connectivity index (χ2n) is 7.35. The van der Waals surface area contributed by atoms with Gasteiger partial charge in [0.05, 0.1) is 18.7 Å². The van der Waals surface area contributed by atoms with Gasteiger partial charge in [-0.1, -0.05) is 6.07 Å². The fourth-order valence-electron chi connectivity index (χ4n) is 4.22. The van der Waals surface area contributed by atoms with Crippen molar-refractivity contribution in [2.45, 2.75) is 44.2 Å². The van der Waals surface area contributed by atoms with Gasteiger partial charge in [-0.15, -0.1) is 0 Å². The smallest absolute Gasteiger partial charge is 0.137 e. The standard InChI is InChI=1S/C20H28N4O2/c25-10-7-15-1-6-19-18(13-15)20(22-14-21-19)23-16-2-4-17(5-3-16)24-8-11-26-12-9-24/h1,6,13-14,16-17,25H,2-5,7-12H2,(H,21,22,23)/t16-,17-. The number of morpholine rings is 1. The van der Waals surface area contributed by atoms with E-state index in [4.69, 9.17) is 4.74 Å². The highest BCUT2D eigenvalue weighted by atomic mass is 16.5. The van der Waals surface area contributed by atoms with Gasteiger partial charge in [0.15, 0.2) is 0 Å². The van der Waals surface area contributed by atoms with Gasteiger partial charge in [0.2, 0.25) is 0 Å². The van der Waals surface area contributed by atoms with Gasteiger partial charge in [0.25, 0.3) is 0 Å². The molecule has 1 saturated heterocycles. The number of aromatic nitrogens is 2. The van der Waals surface area contributed by atoms with Gasteiger partial charge in [-0.05, 0) is 49.8 Å². The monoisotopic (exact) mass is 356 g/mol. The second kappa shape index (κ2) is 8.29. The molecule has 6 heteroatoms. The number of anilines is 1. The Morgan fingerprint density at radius 2 is 1.92 bits per heavy atom. The van der Waals surface area contributed by atoms with Crippen molar-refractivity contribution in [2.75, 3.05) is 38.2 Å². The third-order valence-electron chi connectivity index (χ3n) is 5.70. The first-order chi connectivity index (χ1) is 12.8. The summed E-state index contributed by atoms with van der Waals surface area (Å²) in [4.78, 5) is 11.5. The molecule has 2 N–H and O–H groups in total. The van der Waals surface area contributed by atoms with E-state index in [1.165, 1.54) is 25.7 Å². The van der Waals surface area contributed by atoms with E-state index in [2.05, 4.69) is 26.3 Å². The molecule has 2 heterocycles. The lowest BCUT2D eigenvalue weighted by Gasteiger charge is -2.39. The highest BCUT2D eigenvalue weighted by Gasteiger charge is 2.27. The normalized spacial score (nSPS) is 24.7. The number of benzene rings is 1. The number of rotatable bonds is 5. The van der Waals surface area contributed by atoms with Crippen LogP contribution in [0.25, 0.3) is 10.9 Å². The van der Waals surface area contributed by atoms with Crippen LogP contribution in [0.4, 0.5) is 5.82 Å². The van der Waals surface area contributed by atoms with Crippen LogP contribution in [0.2, 0.25) is 0 Å². The minimum atomic E-state index is 0.160. The van der Waals surface area contributed by atoms with Gasteiger partial charge in [-0.25, -0.2) is 9.97 Å². The Labute approximate surface area is 154 Å². The molecule has 6 nitrogen and oxygen atoms in total.